The van der Waals surface area contributed by atoms with Crippen molar-refractivity contribution in [1.29, 1.82) is 0 Å². The van der Waals surface area contributed by atoms with E-state index >= 15 is 0 Å². The number of aromatic nitrogens is 1. The molecule has 1 atom stereocenters. The Balaban J connectivity index is 2.32. The van der Waals surface area contributed by atoms with Crippen LogP contribution in [0.15, 0.2) is 53.5 Å². The zero-order chi connectivity index (χ0) is 13.7. The van der Waals surface area contributed by atoms with Gasteiger partial charge in [-0.1, -0.05) is 37.3 Å². The van der Waals surface area contributed by atoms with E-state index in [4.69, 9.17) is 4.74 Å². The highest BCUT2D eigenvalue weighted by molar-refractivity contribution is 5.23. The summed E-state index contributed by atoms with van der Waals surface area (Å²) in [5.74, 6) is 0.423. The maximum Gasteiger partial charge on any atom is 0.293 e. The molecule has 0 amide bonds. The standard InChI is InChI=1S/C16H19NO2/c1-3-12-19-15-10-7-11-17(16(15)18)13(2)14-8-5-4-6-9-14/h4-11,13H,3,12H2,1-2H3. The molecule has 0 aliphatic heterocycles. The van der Waals surface area contributed by atoms with E-state index in [1.54, 1.807) is 16.8 Å². The van der Waals surface area contributed by atoms with Crippen molar-refractivity contribution in [2.24, 2.45) is 0 Å². The molecule has 3 heteroatoms. The van der Waals surface area contributed by atoms with Crippen LogP contribution in [-0.2, 0) is 0 Å². The molecule has 0 aliphatic rings. The molecule has 3 nitrogen and oxygen atoms in total. The normalized spacial score (nSPS) is 12.1. The number of hydrogen-bond acceptors (Lipinski definition) is 2. The van der Waals surface area contributed by atoms with Gasteiger partial charge in [0.1, 0.15) is 0 Å². The molecule has 1 heterocycles. The molecule has 0 radical (unpaired) electrons. The van der Waals surface area contributed by atoms with Crippen molar-refractivity contribution in [3.8, 4) is 5.75 Å². The summed E-state index contributed by atoms with van der Waals surface area (Å²) in [5, 5.41) is 0. The second-order valence-corrected chi connectivity index (χ2v) is 4.52. The predicted octanol–water partition coefficient (Wildman–Crippen LogP) is 3.25. The van der Waals surface area contributed by atoms with Gasteiger partial charge in [-0.3, -0.25) is 4.79 Å². The van der Waals surface area contributed by atoms with Gasteiger partial charge in [-0.25, -0.2) is 0 Å². The van der Waals surface area contributed by atoms with Gasteiger partial charge in [0.2, 0.25) is 0 Å². The molecule has 1 unspecified atom stereocenters. The Hall–Kier alpha value is -2.03. The van der Waals surface area contributed by atoms with E-state index < -0.39 is 0 Å². The lowest BCUT2D eigenvalue weighted by Crippen LogP contribution is -2.24. The predicted molar refractivity (Wildman–Crippen MR) is 76.7 cm³/mol. The molecular weight excluding hydrogens is 238 g/mol. The molecule has 0 fully saturated rings. The number of pyridine rings is 1. The van der Waals surface area contributed by atoms with Crippen molar-refractivity contribution in [3.63, 3.8) is 0 Å². The van der Waals surface area contributed by atoms with Gasteiger partial charge in [0.05, 0.1) is 12.6 Å². The minimum Gasteiger partial charge on any atom is -0.488 e. The maximum absolute atomic E-state index is 12.3. The van der Waals surface area contributed by atoms with Crippen molar-refractivity contribution >= 4 is 0 Å². The zero-order valence-electron chi connectivity index (χ0n) is 11.4. The lowest BCUT2D eigenvalue weighted by atomic mass is 10.1. The average Bonchev–Trinajstić information content (AvgIpc) is 2.46. The molecule has 1 aromatic carbocycles. The van der Waals surface area contributed by atoms with Crippen LogP contribution in [0.4, 0.5) is 0 Å². The van der Waals surface area contributed by atoms with E-state index in [0.29, 0.717) is 12.4 Å². The molecule has 2 aromatic rings. The number of benzene rings is 1. The first kappa shape index (κ1) is 13.4. The minimum atomic E-state index is -0.0766. The van der Waals surface area contributed by atoms with Crippen molar-refractivity contribution in [2.75, 3.05) is 6.61 Å². The van der Waals surface area contributed by atoms with Crippen LogP contribution >= 0.6 is 0 Å². The summed E-state index contributed by atoms with van der Waals surface area (Å²) >= 11 is 0. The van der Waals surface area contributed by atoms with Gasteiger partial charge in [-0.05, 0) is 31.0 Å². The third-order valence-electron chi connectivity index (χ3n) is 3.10. The van der Waals surface area contributed by atoms with E-state index in [-0.39, 0.29) is 11.6 Å². The highest BCUT2D eigenvalue weighted by atomic mass is 16.5. The third-order valence-corrected chi connectivity index (χ3v) is 3.10. The summed E-state index contributed by atoms with van der Waals surface area (Å²) in [6.45, 7) is 4.60. The molecule has 0 bridgehead atoms. The first-order valence-corrected chi connectivity index (χ1v) is 6.63. The summed E-state index contributed by atoms with van der Waals surface area (Å²) in [6.07, 6.45) is 2.70. The summed E-state index contributed by atoms with van der Waals surface area (Å²) in [5.41, 5.74) is 1.03. The first-order chi connectivity index (χ1) is 9.24. The van der Waals surface area contributed by atoms with Gasteiger partial charge in [0.15, 0.2) is 5.75 Å². The fraction of sp³-hybridized carbons (Fsp3) is 0.312. The first-order valence-electron chi connectivity index (χ1n) is 6.63. The van der Waals surface area contributed by atoms with Gasteiger partial charge in [-0.2, -0.15) is 0 Å². The molecule has 19 heavy (non-hydrogen) atoms. The molecule has 0 saturated heterocycles. The van der Waals surface area contributed by atoms with Gasteiger partial charge < -0.3 is 9.30 Å². The fourth-order valence-corrected chi connectivity index (χ4v) is 2.01. The summed E-state index contributed by atoms with van der Waals surface area (Å²) in [6, 6.07) is 13.6. The Morgan fingerprint density at radius 2 is 1.89 bits per heavy atom. The Labute approximate surface area is 113 Å². The van der Waals surface area contributed by atoms with Crippen LogP contribution in [0.2, 0.25) is 0 Å². The number of nitrogens with zero attached hydrogens (tertiary/aromatic N) is 1. The van der Waals surface area contributed by atoms with Crippen LogP contribution < -0.4 is 10.3 Å². The second-order valence-electron chi connectivity index (χ2n) is 4.52. The Morgan fingerprint density at radius 3 is 2.58 bits per heavy atom. The fourth-order valence-electron chi connectivity index (χ4n) is 2.01. The van der Waals surface area contributed by atoms with Crippen LogP contribution in [0.25, 0.3) is 0 Å². The summed E-state index contributed by atoms with van der Waals surface area (Å²) < 4.78 is 7.19. The van der Waals surface area contributed by atoms with Crippen molar-refractivity contribution in [2.45, 2.75) is 26.3 Å². The van der Waals surface area contributed by atoms with Crippen molar-refractivity contribution < 1.29 is 4.74 Å². The highest BCUT2D eigenvalue weighted by Gasteiger charge is 2.11. The topological polar surface area (TPSA) is 31.2 Å². The molecule has 1 aromatic heterocycles. The quantitative estimate of drug-likeness (QED) is 0.823. The van der Waals surface area contributed by atoms with Crippen LogP contribution in [0.3, 0.4) is 0 Å². The summed E-state index contributed by atoms with van der Waals surface area (Å²) in [7, 11) is 0. The van der Waals surface area contributed by atoms with Gasteiger partial charge in [0.25, 0.3) is 5.56 Å². The molecule has 2 rings (SSSR count). The lowest BCUT2D eigenvalue weighted by molar-refractivity contribution is 0.309. The van der Waals surface area contributed by atoms with Gasteiger partial charge in [0, 0.05) is 6.20 Å². The van der Waals surface area contributed by atoms with E-state index in [9.17, 15) is 4.79 Å². The number of hydrogen-bond donors (Lipinski definition) is 0. The molecule has 0 spiro atoms. The van der Waals surface area contributed by atoms with E-state index in [0.717, 1.165) is 12.0 Å². The number of ether oxygens (including phenoxy) is 1. The monoisotopic (exact) mass is 257 g/mol. The summed E-state index contributed by atoms with van der Waals surface area (Å²) in [4.78, 5) is 12.3. The molecule has 0 aliphatic carbocycles. The second kappa shape index (κ2) is 6.23. The van der Waals surface area contributed by atoms with E-state index in [1.165, 1.54) is 0 Å². The smallest absolute Gasteiger partial charge is 0.293 e. The van der Waals surface area contributed by atoms with Crippen molar-refractivity contribution in [1.82, 2.24) is 4.57 Å². The number of rotatable bonds is 5. The van der Waals surface area contributed by atoms with E-state index in [1.807, 2.05) is 50.2 Å². The average molecular weight is 257 g/mol. The highest BCUT2D eigenvalue weighted by Crippen LogP contribution is 2.16. The Morgan fingerprint density at radius 1 is 1.16 bits per heavy atom. The molecule has 0 N–H and O–H groups in total. The largest absolute Gasteiger partial charge is 0.488 e. The third kappa shape index (κ3) is 3.05. The molecule has 100 valence electrons. The van der Waals surface area contributed by atoms with Crippen LogP contribution in [-0.4, -0.2) is 11.2 Å². The Bertz CT molecular complexity index is 575. The maximum atomic E-state index is 12.3. The molecule has 0 saturated carbocycles. The van der Waals surface area contributed by atoms with E-state index in [2.05, 4.69) is 0 Å². The zero-order valence-corrected chi connectivity index (χ0v) is 11.4. The minimum absolute atomic E-state index is 0.00104. The van der Waals surface area contributed by atoms with Crippen LogP contribution in [0, 0.1) is 0 Å². The lowest BCUT2D eigenvalue weighted by Gasteiger charge is -2.16. The van der Waals surface area contributed by atoms with Gasteiger partial charge >= 0.3 is 0 Å². The molecular formula is C16H19NO2. The SMILES string of the molecule is CCCOc1cccn(C(C)c2ccccc2)c1=O. The van der Waals surface area contributed by atoms with Crippen molar-refractivity contribution in [3.05, 3.63) is 64.6 Å². The van der Waals surface area contributed by atoms with Crippen LogP contribution in [0.1, 0.15) is 31.9 Å². The van der Waals surface area contributed by atoms with Crippen LogP contribution in [0.5, 0.6) is 5.75 Å². The Kier molecular flexibility index (Phi) is 4.39. The van der Waals surface area contributed by atoms with Gasteiger partial charge in [-0.15, -0.1) is 0 Å².